The van der Waals surface area contributed by atoms with E-state index in [1.807, 2.05) is 0 Å². The van der Waals surface area contributed by atoms with Gasteiger partial charge in [0.05, 0.1) is 12.2 Å². The quantitative estimate of drug-likeness (QED) is 0.131. The SMILES string of the molecule is C=C(CCCCCCCCCCc1ccccc1)C[C@](C)(CO)O[Si](CC)(CC)CC. The van der Waals surface area contributed by atoms with Gasteiger partial charge in [-0.1, -0.05) is 102 Å². The average Bonchev–Trinajstić information content (AvgIpc) is 2.79. The van der Waals surface area contributed by atoms with Crippen LogP contribution in [0.4, 0.5) is 0 Å². The fourth-order valence-electron chi connectivity index (χ4n) is 4.64. The summed E-state index contributed by atoms with van der Waals surface area (Å²) < 4.78 is 6.64. The second-order valence-electron chi connectivity index (χ2n) is 9.69. The molecule has 0 aromatic heterocycles. The van der Waals surface area contributed by atoms with Gasteiger partial charge in [0.1, 0.15) is 0 Å². The third kappa shape index (κ3) is 11.5. The summed E-state index contributed by atoms with van der Waals surface area (Å²) in [4.78, 5) is 0. The van der Waals surface area contributed by atoms with Gasteiger partial charge >= 0.3 is 0 Å². The molecule has 0 heterocycles. The fourth-order valence-corrected chi connectivity index (χ4v) is 7.76. The normalized spacial score (nSPS) is 13.8. The summed E-state index contributed by atoms with van der Waals surface area (Å²) >= 11 is 0. The van der Waals surface area contributed by atoms with E-state index in [4.69, 9.17) is 4.43 Å². The first-order valence-electron chi connectivity index (χ1n) is 12.9. The maximum atomic E-state index is 10.0. The van der Waals surface area contributed by atoms with Crippen LogP contribution in [-0.2, 0) is 10.8 Å². The molecular formula is C28H50O2Si. The summed E-state index contributed by atoms with van der Waals surface area (Å²) in [7, 11) is -1.72. The standard InChI is InChI=1S/C28H50O2Si/c1-6-31(7-2,8-3)30-28(5,25-29)24-26(4)20-16-13-11-9-10-12-14-17-21-27-22-18-15-19-23-27/h15,18-19,22-23,29H,4,6-14,16-17,20-21,24-25H2,1-3,5H3/t28-/m1/s1. The second kappa shape index (κ2) is 15.8. The molecule has 1 rings (SSSR count). The lowest BCUT2D eigenvalue weighted by molar-refractivity contribution is 0.0148. The largest absolute Gasteiger partial charge is 0.409 e. The number of unbranched alkanes of at least 4 members (excludes halogenated alkanes) is 7. The zero-order chi connectivity index (χ0) is 23.0. The second-order valence-corrected chi connectivity index (χ2v) is 14.4. The molecular weight excluding hydrogens is 396 g/mol. The van der Waals surface area contributed by atoms with Gasteiger partial charge < -0.3 is 9.53 Å². The Balaban J connectivity index is 2.12. The topological polar surface area (TPSA) is 29.5 Å². The van der Waals surface area contributed by atoms with Crippen LogP contribution in [-0.4, -0.2) is 25.6 Å². The summed E-state index contributed by atoms with van der Waals surface area (Å²) in [6, 6.07) is 14.2. The van der Waals surface area contributed by atoms with Crippen molar-refractivity contribution in [2.24, 2.45) is 0 Å². The van der Waals surface area contributed by atoms with Crippen molar-refractivity contribution in [3.63, 3.8) is 0 Å². The Morgan fingerprint density at radius 3 is 1.90 bits per heavy atom. The molecule has 0 bridgehead atoms. The van der Waals surface area contributed by atoms with Gasteiger partial charge in [-0.25, -0.2) is 0 Å². The number of aryl methyl sites for hydroxylation is 1. The predicted octanol–water partition coefficient (Wildman–Crippen LogP) is 8.46. The molecule has 0 aliphatic carbocycles. The highest BCUT2D eigenvalue weighted by Crippen LogP contribution is 2.32. The van der Waals surface area contributed by atoms with Crippen molar-refractivity contribution in [2.75, 3.05) is 6.61 Å². The number of hydrogen-bond acceptors (Lipinski definition) is 2. The van der Waals surface area contributed by atoms with Gasteiger partial charge in [0, 0.05) is 0 Å². The molecule has 0 saturated carbocycles. The molecule has 2 nitrogen and oxygen atoms in total. The number of aliphatic hydroxyl groups is 1. The Morgan fingerprint density at radius 2 is 1.39 bits per heavy atom. The van der Waals surface area contributed by atoms with Crippen molar-refractivity contribution in [1.82, 2.24) is 0 Å². The van der Waals surface area contributed by atoms with Crippen LogP contribution in [0.5, 0.6) is 0 Å². The van der Waals surface area contributed by atoms with E-state index >= 15 is 0 Å². The molecule has 0 radical (unpaired) electrons. The van der Waals surface area contributed by atoms with E-state index in [0.29, 0.717) is 0 Å². The number of benzene rings is 1. The molecule has 1 aromatic rings. The van der Waals surface area contributed by atoms with Crippen molar-refractivity contribution in [3.05, 3.63) is 48.0 Å². The molecule has 0 spiro atoms. The zero-order valence-corrected chi connectivity index (χ0v) is 22.1. The Kier molecular flexibility index (Phi) is 14.4. The third-order valence-corrected chi connectivity index (χ3v) is 11.7. The van der Waals surface area contributed by atoms with Crippen molar-refractivity contribution in [2.45, 2.75) is 122 Å². The molecule has 0 fully saturated rings. The van der Waals surface area contributed by atoms with Gasteiger partial charge in [-0.2, -0.15) is 0 Å². The van der Waals surface area contributed by atoms with Crippen LogP contribution < -0.4 is 0 Å². The average molecular weight is 447 g/mol. The molecule has 1 aromatic carbocycles. The molecule has 31 heavy (non-hydrogen) atoms. The summed E-state index contributed by atoms with van der Waals surface area (Å²) in [5.41, 5.74) is 2.26. The summed E-state index contributed by atoms with van der Waals surface area (Å²) in [6.45, 7) is 13.2. The fraction of sp³-hybridized carbons (Fsp3) is 0.714. The molecule has 0 aliphatic heterocycles. The van der Waals surface area contributed by atoms with Crippen LogP contribution in [0.2, 0.25) is 18.1 Å². The van der Waals surface area contributed by atoms with E-state index in [0.717, 1.165) is 31.0 Å². The first-order chi connectivity index (χ1) is 14.9. The Morgan fingerprint density at radius 1 is 0.871 bits per heavy atom. The van der Waals surface area contributed by atoms with Gasteiger partial charge in [0.2, 0.25) is 0 Å². The Hall–Kier alpha value is -0.903. The number of aliphatic hydroxyl groups excluding tert-OH is 1. The first-order valence-corrected chi connectivity index (χ1v) is 15.5. The summed E-state index contributed by atoms with van der Waals surface area (Å²) in [6.07, 6.45) is 13.7. The maximum absolute atomic E-state index is 10.0. The van der Waals surface area contributed by atoms with E-state index in [1.54, 1.807) is 0 Å². The molecule has 0 amide bonds. The van der Waals surface area contributed by atoms with Crippen molar-refractivity contribution >= 4 is 8.32 Å². The maximum Gasteiger partial charge on any atom is 0.192 e. The van der Waals surface area contributed by atoms with Crippen molar-refractivity contribution in [3.8, 4) is 0 Å². The van der Waals surface area contributed by atoms with Crippen molar-refractivity contribution in [1.29, 1.82) is 0 Å². The first kappa shape index (κ1) is 28.1. The molecule has 0 unspecified atom stereocenters. The van der Waals surface area contributed by atoms with Gasteiger partial charge in [0.25, 0.3) is 0 Å². The molecule has 1 N–H and O–H groups in total. The van der Waals surface area contributed by atoms with Crippen LogP contribution in [0.3, 0.4) is 0 Å². The monoisotopic (exact) mass is 446 g/mol. The third-order valence-electron chi connectivity index (χ3n) is 6.94. The highest BCUT2D eigenvalue weighted by molar-refractivity contribution is 6.73. The minimum atomic E-state index is -1.72. The van der Waals surface area contributed by atoms with Crippen LogP contribution in [0, 0.1) is 0 Å². The number of hydrogen-bond donors (Lipinski definition) is 1. The van der Waals surface area contributed by atoms with E-state index in [9.17, 15) is 5.11 Å². The van der Waals surface area contributed by atoms with Gasteiger partial charge in [0.15, 0.2) is 8.32 Å². The van der Waals surface area contributed by atoms with Gasteiger partial charge in [-0.3, -0.25) is 0 Å². The molecule has 0 aliphatic rings. The summed E-state index contributed by atoms with van der Waals surface area (Å²) in [5.74, 6) is 0. The minimum Gasteiger partial charge on any atom is -0.409 e. The highest BCUT2D eigenvalue weighted by Gasteiger charge is 2.37. The Labute approximate surface area is 194 Å². The predicted molar refractivity (Wildman–Crippen MR) is 139 cm³/mol. The number of rotatable bonds is 19. The van der Waals surface area contributed by atoms with E-state index < -0.39 is 13.9 Å². The lowest BCUT2D eigenvalue weighted by atomic mass is 9.94. The van der Waals surface area contributed by atoms with Crippen molar-refractivity contribution < 1.29 is 9.53 Å². The van der Waals surface area contributed by atoms with E-state index in [1.165, 1.54) is 68.9 Å². The van der Waals surface area contributed by atoms with Gasteiger partial charge in [-0.15, -0.1) is 0 Å². The van der Waals surface area contributed by atoms with Crippen LogP contribution in [0.25, 0.3) is 0 Å². The Bertz CT molecular complexity index is 574. The summed E-state index contributed by atoms with van der Waals surface area (Å²) in [5, 5.41) is 10.0. The lowest BCUT2D eigenvalue weighted by Crippen LogP contribution is -2.48. The zero-order valence-electron chi connectivity index (χ0n) is 21.1. The van der Waals surface area contributed by atoms with E-state index in [2.05, 4.69) is 64.6 Å². The lowest BCUT2D eigenvalue weighted by Gasteiger charge is -2.40. The molecule has 178 valence electrons. The highest BCUT2D eigenvalue weighted by atomic mass is 28.4. The molecule has 3 heteroatoms. The van der Waals surface area contributed by atoms with E-state index in [-0.39, 0.29) is 6.61 Å². The minimum absolute atomic E-state index is 0.0883. The van der Waals surface area contributed by atoms with Gasteiger partial charge in [-0.05, 0) is 62.7 Å². The van der Waals surface area contributed by atoms with Crippen LogP contribution in [0.1, 0.15) is 97.5 Å². The van der Waals surface area contributed by atoms with Crippen LogP contribution in [0.15, 0.2) is 42.5 Å². The molecule has 0 saturated heterocycles. The smallest absolute Gasteiger partial charge is 0.192 e. The molecule has 1 atom stereocenters. The van der Waals surface area contributed by atoms with Crippen LogP contribution >= 0.6 is 0 Å².